The fourth-order valence-corrected chi connectivity index (χ4v) is 3.40. The summed E-state index contributed by atoms with van der Waals surface area (Å²) in [6.45, 7) is 3.74. The molecule has 0 radical (unpaired) electrons. The van der Waals surface area contributed by atoms with E-state index in [1.165, 1.54) is 0 Å². The zero-order valence-corrected chi connectivity index (χ0v) is 8.25. The van der Waals surface area contributed by atoms with Crippen LogP contribution in [0.3, 0.4) is 0 Å². The Hall–Kier alpha value is 0.239. The van der Waals surface area contributed by atoms with Crippen LogP contribution in [-0.4, -0.2) is 25.9 Å². The van der Waals surface area contributed by atoms with Crippen molar-refractivity contribution in [1.82, 2.24) is 0 Å². The molecule has 0 aliphatic rings. The Morgan fingerprint density at radius 3 is 1.70 bits per heavy atom. The van der Waals surface area contributed by atoms with Gasteiger partial charge in [0.15, 0.2) is 0 Å². The van der Waals surface area contributed by atoms with E-state index < -0.39 is 13.8 Å². The summed E-state index contributed by atoms with van der Waals surface area (Å²) in [6.07, 6.45) is 0. The molecule has 0 bridgehead atoms. The van der Waals surface area contributed by atoms with Gasteiger partial charge in [0.2, 0.25) is 0 Å². The molecule has 0 saturated carbocycles. The first-order valence-electron chi connectivity index (χ1n) is 3.38. The molecule has 4 heteroatoms. The minimum atomic E-state index is -1.69. The standard InChI is InChI=1S/C6H16N2OSe/c1-5(7)3-10(9)4-6(2)8/h5-6H,3-4,7-8H2,1-2H3. The van der Waals surface area contributed by atoms with E-state index in [1.54, 1.807) is 0 Å². The second kappa shape index (κ2) is 4.97. The second-order valence-corrected chi connectivity index (χ2v) is 5.97. The maximum atomic E-state index is 11.1. The molecule has 2 atom stereocenters. The molecule has 0 aliphatic heterocycles. The molecule has 0 aromatic rings. The van der Waals surface area contributed by atoms with Crippen LogP contribution in [0.5, 0.6) is 0 Å². The van der Waals surface area contributed by atoms with Crippen LogP contribution in [0.25, 0.3) is 0 Å². The van der Waals surface area contributed by atoms with Crippen LogP contribution in [0.1, 0.15) is 13.8 Å². The molecule has 4 N–H and O–H groups in total. The second-order valence-electron chi connectivity index (χ2n) is 2.73. The van der Waals surface area contributed by atoms with Crippen molar-refractivity contribution in [2.24, 2.45) is 11.5 Å². The Balaban J connectivity index is 3.44. The van der Waals surface area contributed by atoms with Crippen LogP contribution < -0.4 is 11.5 Å². The Morgan fingerprint density at radius 1 is 1.20 bits per heavy atom. The van der Waals surface area contributed by atoms with Gasteiger partial charge in [-0.15, -0.1) is 0 Å². The van der Waals surface area contributed by atoms with Gasteiger partial charge >= 0.3 is 65.7 Å². The molecule has 0 saturated heterocycles. The molecule has 0 rings (SSSR count). The summed E-state index contributed by atoms with van der Waals surface area (Å²) in [5.74, 6) is 0. The third-order valence-corrected chi connectivity index (χ3v) is 4.66. The predicted molar refractivity (Wildman–Crippen MR) is 43.4 cm³/mol. The molecule has 62 valence electrons. The Kier molecular flexibility index (Phi) is 5.08. The topological polar surface area (TPSA) is 69.1 Å². The summed E-state index contributed by atoms with van der Waals surface area (Å²) < 4.78 is 11.1. The van der Waals surface area contributed by atoms with Gasteiger partial charge in [-0.1, -0.05) is 0 Å². The van der Waals surface area contributed by atoms with E-state index >= 15 is 0 Å². The van der Waals surface area contributed by atoms with Gasteiger partial charge in [-0.25, -0.2) is 0 Å². The van der Waals surface area contributed by atoms with E-state index in [9.17, 15) is 3.83 Å². The van der Waals surface area contributed by atoms with Crippen LogP contribution in [0.2, 0.25) is 10.6 Å². The van der Waals surface area contributed by atoms with Crippen LogP contribution in [0, 0.1) is 0 Å². The first-order valence-corrected chi connectivity index (χ1v) is 6.50. The first kappa shape index (κ1) is 10.2. The monoisotopic (exact) mass is 212 g/mol. The van der Waals surface area contributed by atoms with Crippen molar-refractivity contribution < 1.29 is 3.83 Å². The SMILES string of the molecule is CC(N)C[Se](=O)CC(C)N. The molecule has 0 aromatic carbocycles. The van der Waals surface area contributed by atoms with Crippen LogP contribution >= 0.6 is 0 Å². The van der Waals surface area contributed by atoms with Gasteiger partial charge in [0.05, 0.1) is 0 Å². The van der Waals surface area contributed by atoms with Crippen molar-refractivity contribution in [2.75, 3.05) is 0 Å². The van der Waals surface area contributed by atoms with Gasteiger partial charge in [0, 0.05) is 0 Å². The van der Waals surface area contributed by atoms with Gasteiger partial charge < -0.3 is 0 Å². The molecule has 3 nitrogen and oxygen atoms in total. The third kappa shape index (κ3) is 6.36. The molecular weight excluding hydrogens is 195 g/mol. The Bertz CT molecular complexity index is 102. The van der Waals surface area contributed by atoms with Gasteiger partial charge in [-0.05, 0) is 0 Å². The quantitative estimate of drug-likeness (QED) is 0.648. The van der Waals surface area contributed by atoms with Crippen LogP contribution in [0.15, 0.2) is 0 Å². The third-order valence-electron chi connectivity index (χ3n) is 0.898. The summed E-state index contributed by atoms with van der Waals surface area (Å²) in [5.41, 5.74) is 10.9. The Morgan fingerprint density at radius 2 is 1.50 bits per heavy atom. The van der Waals surface area contributed by atoms with Crippen LogP contribution in [0.4, 0.5) is 0 Å². The van der Waals surface area contributed by atoms with E-state index in [2.05, 4.69) is 0 Å². The molecule has 0 aliphatic carbocycles. The Labute approximate surface area is 66.2 Å². The predicted octanol–water partition coefficient (Wildman–Crippen LogP) is 0.103. The summed E-state index contributed by atoms with van der Waals surface area (Å²) in [5, 5.41) is 1.31. The van der Waals surface area contributed by atoms with Gasteiger partial charge in [0.1, 0.15) is 0 Å². The van der Waals surface area contributed by atoms with Gasteiger partial charge in [-0.2, -0.15) is 0 Å². The fraction of sp³-hybridized carbons (Fsp3) is 1.00. The molecular formula is C6H16N2OSe. The minimum absolute atomic E-state index is 0.0567. The van der Waals surface area contributed by atoms with E-state index in [4.69, 9.17) is 11.5 Å². The molecule has 0 aromatic heterocycles. The number of hydrogen-bond acceptors (Lipinski definition) is 3. The normalized spacial score (nSPS) is 20.0. The van der Waals surface area contributed by atoms with Crippen molar-refractivity contribution in [3.63, 3.8) is 0 Å². The van der Waals surface area contributed by atoms with Gasteiger partial charge in [0.25, 0.3) is 0 Å². The van der Waals surface area contributed by atoms with E-state index in [1.807, 2.05) is 13.8 Å². The molecule has 0 heterocycles. The zero-order chi connectivity index (χ0) is 8.15. The van der Waals surface area contributed by atoms with Crippen molar-refractivity contribution in [3.05, 3.63) is 0 Å². The molecule has 10 heavy (non-hydrogen) atoms. The molecule has 2 unspecified atom stereocenters. The number of rotatable bonds is 4. The van der Waals surface area contributed by atoms with Crippen LogP contribution in [-0.2, 0) is 3.83 Å². The zero-order valence-electron chi connectivity index (χ0n) is 6.54. The molecule has 0 spiro atoms. The van der Waals surface area contributed by atoms with Crippen molar-refractivity contribution >= 4 is 13.8 Å². The van der Waals surface area contributed by atoms with E-state index in [0.29, 0.717) is 10.6 Å². The molecule has 0 fully saturated rings. The first-order chi connectivity index (χ1) is 4.52. The van der Waals surface area contributed by atoms with Crippen molar-refractivity contribution in [1.29, 1.82) is 0 Å². The van der Waals surface area contributed by atoms with E-state index in [-0.39, 0.29) is 12.1 Å². The van der Waals surface area contributed by atoms with Crippen molar-refractivity contribution in [2.45, 2.75) is 36.6 Å². The average molecular weight is 211 g/mol. The summed E-state index contributed by atoms with van der Waals surface area (Å²) in [7, 11) is 0. The van der Waals surface area contributed by atoms with Crippen molar-refractivity contribution in [3.8, 4) is 0 Å². The summed E-state index contributed by atoms with van der Waals surface area (Å²) in [4.78, 5) is 0. The summed E-state index contributed by atoms with van der Waals surface area (Å²) >= 11 is -1.69. The summed E-state index contributed by atoms with van der Waals surface area (Å²) in [6, 6.07) is 0.113. The van der Waals surface area contributed by atoms with E-state index in [0.717, 1.165) is 0 Å². The fourth-order valence-electron chi connectivity index (χ4n) is 0.654. The van der Waals surface area contributed by atoms with Gasteiger partial charge in [-0.3, -0.25) is 0 Å². The average Bonchev–Trinajstić information content (AvgIpc) is 1.58. The maximum absolute atomic E-state index is 11.1. The molecule has 0 amide bonds. The number of hydrogen-bond donors (Lipinski definition) is 2. The number of nitrogens with two attached hydrogens (primary N) is 2.